The quantitative estimate of drug-likeness (QED) is 0.605. The molecule has 1 N–H and O–H groups in total. The summed E-state index contributed by atoms with van der Waals surface area (Å²) >= 11 is 0. The molecule has 4 rings (SSSR count). The van der Waals surface area contributed by atoms with Crippen molar-refractivity contribution in [2.24, 2.45) is 0 Å². The summed E-state index contributed by atoms with van der Waals surface area (Å²) in [5.41, 5.74) is 3.15. The van der Waals surface area contributed by atoms with E-state index < -0.39 is 11.8 Å². The third-order valence-corrected chi connectivity index (χ3v) is 5.08. The number of imide groups is 1. The zero-order valence-corrected chi connectivity index (χ0v) is 17.5. The summed E-state index contributed by atoms with van der Waals surface area (Å²) < 4.78 is 10.7. The predicted octanol–water partition coefficient (Wildman–Crippen LogP) is 4.41. The lowest BCUT2D eigenvalue weighted by Gasteiger charge is -2.19. The fraction of sp³-hybridized carbons (Fsp3) is 0.120. The Balaban J connectivity index is 1.85. The molecule has 31 heavy (non-hydrogen) atoms. The SMILES string of the molecule is COc1ccc(C2=C(Nc3ccccc3)C(=O)N(c3cc(C)ccc3OC)C2=O)cc1. The zero-order chi connectivity index (χ0) is 22.0. The lowest BCUT2D eigenvalue weighted by Crippen LogP contribution is -2.32. The van der Waals surface area contributed by atoms with E-state index in [1.54, 1.807) is 43.5 Å². The third-order valence-electron chi connectivity index (χ3n) is 5.08. The molecule has 1 aliphatic heterocycles. The Labute approximate surface area is 180 Å². The van der Waals surface area contributed by atoms with Crippen molar-refractivity contribution in [1.29, 1.82) is 0 Å². The number of carbonyl (C=O) groups excluding carboxylic acids is 2. The number of benzene rings is 3. The van der Waals surface area contributed by atoms with Gasteiger partial charge >= 0.3 is 0 Å². The van der Waals surface area contributed by atoms with Crippen LogP contribution >= 0.6 is 0 Å². The van der Waals surface area contributed by atoms with Gasteiger partial charge in [0, 0.05) is 5.69 Å². The fourth-order valence-electron chi connectivity index (χ4n) is 3.53. The van der Waals surface area contributed by atoms with Crippen LogP contribution in [0, 0.1) is 6.92 Å². The normalized spacial score (nSPS) is 13.6. The van der Waals surface area contributed by atoms with Gasteiger partial charge in [0.1, 0.15) is 17.2 Å². The lowest BCUT2D eigenvalue weighted by atomic mass is 10.0. The second kappa shape index (κ2) is 8.36. The lowest BCUT2D eigenvalue weighted by molar-refractivity contribution is -0.120. The number of rotatable bonds is 6. The Kier molecular flexibility index (Phi) is 5.45. The number of amides is 2. The van der Waals surface area contributed by atoms with Crippen molar-refractivity contribution in [1.82, 2.24) is 0 Å². The van der Waals surface area contributed by atoms with E-state index in [2.05, 4.69) is 5.32 Å². The van der Waals surface area contributed by atoms with E-state index in [9.17, 15) is 9.59 Å². The van der Waals surface area contributed by atoms with Crippen LogP contribution in [0.1, 0.15) is 11.1 Å². The molecule has 2 amide bonds. The smallest absolute Gasteiger partial charge is 0.282 e. The topological polar surface area (TPSA) is 67.9 Å². The second-order valence-corrected chi connectivity index (χ2v) is 7.09. The molecule has 3 aromatic carbocycles. The van der Waals surface area contributed by atoms with Crippen LogP contribution in [0.4, 0.5) is 11.4 Å². The van der Waals surface area contributed by atoms with Crippen LogP contribution in [0.5, 0.6) is 11.5 Å². The summed E-state index contributed by atoms with van der Waals surface area (Å²) in [5.74, 6) is 0.249. The van der Waals surface area contributed by atoms with Crippen molar-refractivity contribution in [2.45, 2.75) is 6.92 Å². The minimum atomic E-state index is -0.441. The van der Waals surface area contributed by atoms with Gasteiger partial charge in [-0.3, -0.25) is 9.59 Å². The molecular formula is C25H22N2O4. The van der Waals surface area contributed by atoms with Crippen LogP contribution in [-0.4, -0.2) is 26.0 Å². The molecule has 0 saturated carbocycles. The van der Waals surface area contributed by atoms with Crippen molar-refractivity contribution in [3.05, 3.63) is 89.6 Å². The van der Waals surface area contributed by atoms with E-state index in [0.29, 0.717) is 34.0 Å². The molecule has 0 fully saturated rings. The number of hydrogen-bond acceptors (Lipinski definition) is 5. The molecule has 0 radical (unpaired) electrons. The number of methoxy groups -OCH3 is 2. The van der Waals surface area contributed by atoms with Gasteiger partial charge < -0.3 is 14.8 Å². The van der Waals surface area contributed by atoms with Gasteiger partial charge in [0.25, 0.3) is 11.8 Å². The first-order chi connectivity index (χ1) is 15.0. The van der Waals surface area contributed by atoms with E-state index in [1.165, 1.54) is 7.11 Å². The Bertz CT molecular complexity index is 1170. The molecule has 0 atom stereocenters. The molecular weight excluding hydrogens is 392 g/mol. The maximum Gasteiger partial charge on any atom is 0.282 e. The van der Waals surface area contributed by atoms with Crippen molar-refractivity contribution in [3.8, 4) is 11.5 Å². The number of carbonyl (C=O) groups is 2. The Hall–Kier alpha value is -4.06. The summed E-state index contributed by atoms with van der Waals surface area (Å²) in [5, 5.41) is 3.15. The average Bonchev–Trinajstić information content (AvgIpc) is 3.03. The van der Waals surface area contributed by atoms with Gasteiger partial charge in [0.2, 0.25) is 0 Å². The number of nitrogens with zero attached hydrogens (tertiary/aromatic N) is 1. The highest BCUT2D eigenvalue weighted by Crippen LogP contribution is 2.38. The first-order valence-electron chi connectivity index (χ1n) is 9.77. The number of nitrogens with one attached hydrogen (secondary N) is 1. The van der Waals surface area contributed by atoms with Gasteiger partial charge in [-0.1, -0.05) is 36.4 Å². The standard InChI is InChI=1S/C25H22N2O4/c1-16-9-14-21(31-3)20(15-16)27-24(28)22(17-10-12-19(30-2)13-11-17)23(25(27)29)26-18-7-5-4-6-8-18/h4-15,26H,1-3H3. The highest BCUT2D eigenvalue weighted by molar-refractivity contribution is 6.46. The summed E-state index contributed by atoms with van der Waals surface area (Å²) in [6, 6.07) is 21.7. The van der Waals surface area contributed by atoms with Crippen LogP contribution in [0.3, 0.4) is 0 Å². The van der Waals surface area contributed by atoms with E-state index in [0.717, 1.165) is 10.5 Å². The molecule has 0 unspecified atom stereocenters. The summed E-state index contributed by atoms with van der Waals surface area (Å²) in [4.78, 5) is 28.2. The first kappa shape index (κ1) is 20.2. The van der Waals surface area contributed by atoms with E-state index in [4.69, 9.17) is 9.47 Å². The third kappa shape index (κ3) is 3.75. The molecule has 1 aliphatic rings. The van der Waals surface area contributed by atoms with E-state index >= 15 is 0 Å². The van der Waals surface area contributed by atoms with Crippen LogP contribution in [0.2, 0.25) is 0 Å². The predicted molar refractivity (Wildman–Crippen MR) is 120 cm³/mol. The monoisotopic (exact) mass is 414 g/mol. The highest BCUT2D eigenvalue weighted by atomic mass is 16.5. The molecule has 0 bridgehead atoms. The van der Waals surface area contributed by atoms with Crippen LogP contribution < -0.4 is 19.7 Å². The van der Waals surface area contributed by atoms with Gasteiger partial charge in [0.15, 0.2) is 0 Å². The molecule has 1 heterocycles. The molecule has 0 aromatic heterocycles. The van der Waals surface area contributed by atoms with Crippen molar-refractivity contribution < 1.29 is 19.1 Å². The Morgan fingerprint density at radius 1 is 0.806 bits per heavy atom. The molecule has 0 aliphatic carbocycles. The number of hydrogen-bond donors (Lipinski definition) is 1. The average molecular weight is 414 g/mol. The molecule has 156 valence electrons. The molecule has 0 spiro atoms. The van der Waals surface area contributed by atoms with Crippen molar-refractivity contribution in [3.63, 3.8) is 0 Å². The van der Waals surface area contributed by atoms with Crippen molar-refractivity contribution >= 4 is 28.8 Å². The molecule has 0 saturated heterocycles. The van der Waals surface area contributed by atoms with Gasteiger partial charge in [-0.05, 0) is 54.4 Å². The fourth-order valence-corrected chi connectivity index (χ4v) is 3.53. The number of anilines is 2. The minimum absolute atomic E-state index is 0.213. The minimum Gasteiger partial charge on any atom is -0.497 e. The Morgan fingerprint density at radius 3 is 2.16 bits per heavy atom. The van der Waals surface area contributed by atoms with Crippen molar-refractivity contribution in [2.75, 3.05) is 24.4 Å². The van der Waals surface area contributed by atoms with E-state index in [-0.39, 0.29) is 5.70 Å². The number of para-hydroxylation sites is 1. The van der Waals surface area contributed by atoms with Gasteiger partial charge in [-0.15, -0.1) is 0 Å². The largest absolute Gasteiger partial charge is 0.497 e. The van der Waals surface area contributed by atoms with Crippen LogP contribution in [0.15, 0.2) is 78.5 Å². The summed E-state index contributed by atoms with van der Waals surface area (Å²) in [6.45, 7) is 1.90. The van der Waals surface area contributed by atoms with E-state index in [1.807, 2.05) is 43.3 Å². The maximum atomic E-state index is 13.6. The second-order valence-electron chi connectivity index (χ2n) is 7.09. The molecule has 6 heteroatoms. The van der Waals surface area contributed by atoms with Gasteiger partial charge in [0.05, 0.1) is 25.5 Å². The Morgan fingerprint density at radius 2 is 1.52 bits per heavy atom. The summed E-state index contributed by atoms with van der Waals surface area (Å²) in [6.07, 6.45) is 0. The zero-order valence-electron chi connectivity index (χ0n) is 17.5. The number of aryl methyl sites for hydroxylation is 1. The van der Waals surface area contributed by atoms with Gasteiger partial charge in [-0.2, -0.15) is 0 Å². The number of ether oxygens (including phenoxy) is 2. The first-order valence-corrected chi connectivity index (χ1v) is 9.77. The summed E-state index contributed by atoms with van der Waals surface area (Å²) in [7, 11) is 3.09. The maximum absolute atomic E-state index is 13.6. The molecule has 3 aromatic rings. The van der Waals surface area contributed by atoms with Crippen LogP contribution in [0.25, 0.3) is 5.57 Å². The van der Waals surface area contributed by atoms with Crippen LogP contribution in [-0.2, 0) is 9.59 Å². The van der Waals surface area contributed by atoms with Gasteiger partial charge in [-0.25, -0.2) is 4.90 Å². The molecule has 6 nitrogen and oxygen atoms in total. The highest BCUT2D eigenvalue weighted by Gasteiger charge is 2.41.